The van der Waals surface area contributed by atoms with E-state index in [-0.39, 0.29) is 5.56 Å². The Morgan fingerprint density at radius 3 is 2.05 bits per heavy atom. The second-order valence-electron chi connectivity index (χ2n) is 4.29. The first-order valence-electron chi connectivity index (χ1n) is 6.40. The maximum absolute atomic E-state index is 11.5. The molecule has 2 aromatic carbocycles. The molecule has 0 fully saturated rings. The van der Waals surface area contributed by atoms with E-state index >= 15 is 0 Å². The molecule has 0 atom stereocenters. The first-order valence-corrected chi connectivity index (χ1v) is 7.22. The summed E-state index contributed by atoms with van der Waals surface area (Å²) in [7, 11) is 4.58. The molecule has 0 heterocycles. The van der Waals surface area contributed by atoms with Crippen LogP contribution >= 0.6 is 11.8 Å². The van der Waals surface area contributed by atoms with Gasteiger partial charge in [-0.1, -0.05) is 11.8 Å². The molecule has 0 spiro atoms. The number of rotatable bonds is 6. The standard InChI is InChI=1S/C16H16O5S/c1-19-10-4-6-11(7-5-10)22-15-9-14(21-3)13(20-2)8-12(15)16(17)18/h4-9H,1-3H3,(H,17,18). The quantitative estimate of drug-likeness (QED) is 0.878. The van der Waals surface area contributed by atoms with Gasteiger partial charge >= 0.3 is 5.97 Å². The van der Waals surface area contributed by atoms with Crippen molar-refractivity contribution in [2.24, 2.45) is 0 Å². The molecule has 6 heteroatoms. The summed E-state index contributed by atoms with van der Waals surface area (Å²) in [5.74, 6) is 0.606. The predicted molar refractivity (Wildman–Crippen MR) is 83.6 cm³/mol. The first kappa shape index (κ1) is 16.0. The summed E-state index contributed by atoms with van der Waals surface area (Å²) in [5, 5.41) is 9.38. The van der Waals surface area contributed by atoms with Gasteiger partial charge in [0.15, 0.2) is 11.5 Å². The number of ether oxygens (including phenoxy) is 3. The minimum atomic E-state index is -1.02. The van der Waals surface area contributed by atoms with Crippen LogP contribution in [0.2, 0.25) is 0 Å². The van der Waals surface area contributed by atoms with Crippen molar-refractivity contribution in [2.75, 3.05) is 21.3 Å². The van der Waals surface area contributed by atoms with E-state index in [2.05, 4.69) is 0 Å². The highest BCUT2D eigenvalue weighted by molar-refractivity contribution is 7.99. The van der Waals surface area contributed by atoms with Crippen LogP contribution < -0.4 is 14.2 Å². The van der Waals surface area contributed by atoms with E-state index in [9.17, 15) is 9.90 Å². The number of benzene rings is 2. The molecule has 0 saturated heterocycles. The molecule has 5 nitrogen and oxygen atoms in total. The lowest BCUT2D eigenvalue weighted by Crippen LogP contribution is -2.01. The smallest absolute Gasteiger partial charge is 0.336 e. The zero-order valence-corrected chi connectivity index (χ0v) is 13.3. The van der Waals surface area contributed by atoms with E-state index in [4.69, 9.17) is 14.2 Å². The summed E-state index contributed by atoms with van der Waals surface area (Å²) in [5.41, 5.74) is 0.165. The number of carboxylic acid groups (broad SMARTS) is 1. The number of hydrogen-bond acceptors (Lipinski definition) is 5. The van der Waals surface area contributed by atoms with Crippen molar-refractivity contribution in [3.8, 4) is 17.2 Å². The third-order valence-corrected chi connectivity index (χ3v) is 4.07. The highest BCUT2D eigenvalue weighted by Crippen LogP contribution is 2.38. The molecule has 0 aliphatic carbocycles. The normalized spacial score (nSPS) is 10.1. The number of hydrogen-bond donors (Lipinski definition) is 1. The second kappa shape index (κ2) is 7.09. The fourth-order valence-corrected chi connectivity index (χ4v) is 2.83. The first-order chi connectivity index (χ1) is 10.6. The summed E-state index contributed by atoms with van der Waals surface area (Å²) in [6.07, 6.45) is 0. The van der Waals surface area contributed by atoms with Crippen LogP contribution in [0.3, 0.4) is 0 Å². The summed E-state index contributed by atoms with van der Waals surface area (Å²) in [6, 6.07) is 10.5. The Labute approximate surface area is 132 Å². The fourth-order valence-electron chi connectivity index (χ4n) is 1.88. The molecule has 0 aliphatic heterocycles. The Bertz CT molecular complexity index is 667. The molecular weight excluding hydrogens is 304 g/mol. The van der Waals surface area contributed by atoms with E-state index in [0.29, 0.717) is 16.4 Å². The lowest BCUT2D eigenvalue weighted by Gasteiger charge is -2.12. The maximum atomic E-state index is 11.5. The van der Waals surface area contributed by atoms with E-state index in [1.807, 2.05) is 24.3 Å². The van der Waals surface area contributed by atoms with Crippen LogP contribution in [0.1, 0.15) is 10.4 Å². The van der Waals surface area contributed by atoms with Gasteiger partial charge in [-0.3, -0.25) is 0 Å². The number of carbonyl (C=O) groups is 1. The molecule has 0 aromatic heterocycles. The molecule has 0 saturated carbocycles. The van der Waals surface area contributed by atoms with Gasteiger partial charge in [0.05, 0.1) is 26.9 Å². The molecule has 0 unspecified atom stereocenters. The summed E-state index contributed by atoms with van der Waals surface area (Å²) in [6.45, 7) is 0. The monoisotopic (exact) mass is 320 g/mol. The summed E-state index contributed by atoms with van der Waals surface area (Å²) in [4.78, 5) is 12.9. The van der Waals surface area contributed by atoms with Gasteiger partial charge in [-0.25, -0.2) is 4.79 Å². The van der Waals surface area contributed by atoms with Crippen molar-refractivity contribution in [3.63, 3.8) is 0 Å². The maximum Gasteiger partial charge on any atom is 0.336 e. The number of carboxylic acids is 1. The number of aromatic carboxylic acids is 1. The second-order valence-corrected chi connectivity index (χ2v) is 5.40. The van der Waals surface area contributed by atoms with Crippen LogP contribution in [0.25, 0.3) is 0 Å². The highest BCUT2D eigenvalue weighted by atomic mass is 32.2. The Hall–Kier alpha value is -2.34. The zero-order chi connectivity index (χ0) is 16.1. The lowest BCUT2D eigenvalue weighted by atomic mass is 10.2. The number of methoxy groups -OCH3 is 3. The van der Waals surface area contributed by atoms with Crippen molar-refractivity contribution in [1.29, 1.82) is 0 Å². The third kappa shape index (κ3) is 3.46. The highest BCUT2D eigenvalue weighted by Gasteiger charge is 2.17. The van der Waals surface area contributed by atoms with Crippen LogP contribution in [0.5, 0.6) is 17.2 Å². The molecule has 1 N–H and O–H groups in total. The van der Waals surface area contributed by atoms with Crippen LogP contribution in [-0.2, 0) is 0 Å². The van der Waals surface area contributed by atoms with E-state index < -0.39 is 5.97 Å². The van der Waals surface area contributed by atoms with Gasteiger partial charge < -0.3 is 19.3 Å². The van der Waals surface area contributed by atoms with Gasteiger partial charge in [-0.05, 0) is 36.4 Å². The fraction of sp³-hybridized carbons (Fsp3) is 0.188. The van der Waals surface area contributed by atoms with Gasteiger partial charge in [-0.2, -0.15) is 0 Å². The molecule has 0 bridgehead atoms. The Morgan fingerprint density at radius 2 is 1.55 bits per heavy atom. The minimum Gasteiger partial charge on any atom is -0.497 e. The molecule has 0 aliphatic rings. The molecule has 22 heavy (non-hydrogen) atoms. The van der Waals surface area contributed by atoms with Gasteiger partial charge in [0, 0.05) is 9.79 Å². The van der Waals surface area contributed by atoms with Crippen LogP contribution in [0.4, 0.5) is 0 Å². The van der Waals surface area contributed by atoms with E-state index in [0.717, 1.165) is 10.6 Å². The van der Waals surface area contributed by atoms with Crippen LogP contribution in [-0.4, -0.2) is 32.4 Å². The molecule has 0 amide bonds. The minimum absolute atomic E-state index is 0.165. The molecule has 2 aromatic rings. The van der Waals surface area contributed by atoms with Crippen LogP contribution in [0.15, 0.2) is 46.2 Å². The Kier molecular flexibility index (Phi) is 5.16. The van der Waals surface area contributed by atoms with Crippen molar-refractivity contribution in [2.45, 2.75) is 9.79 Å². The predicted octanol–water partition coefficient (Wildman–Crippen LogP) is 3.56. The van der Waals surface area contributed by atoms with Crippen molar-refractivity contribution >= 4 is 17.7 Å². The van der Waals surface area contributed by atoms with Gasteiger partial charge in [0.25, 0.3) is 0 Å². The topological polar surface area (TPSA) is 65.0 Å². The molecule has 0 radical (unpaired) electrons. The van der Waals surface area contributed by atoms with Crippen molar-refractivity contribution in [1.82, 2.24) is 0 Å². The largest absolute Gasteiger partial charge is 0.497 e. The average molecular weight is 320 g/mol. The van der Waals surface area contributed by atoms with Crippen LogP contribution in [0, 0.1) is 0 Å². The lowest BCUT2D eigenvalue weighted by molar-refractivity contribution is 0.0692. The van der Waals surface area contributed by atoms with Gasteiger partial charge in [0.2, 0.25) is 0 Å². The summed E-state index contributed by atoms with van der Waals surface area (Å²) >= 11 is 1.34. The van der Waals surface area contributed by atoms with Crippen molar-refractivity contribution in [3.05, 3.63) is 42.0 Å². The van der Waals surface area contributed by atoms with Gasteiger partial charge in [0.1, 0.15) is 5.75 Å². The average Bonchev–Trinajstić information content (AvgIpc) is 2.54. The summed E-state index contributed by atoms with van der Waals surface area (Å²) < 4.78 is 15.5. The SMILES string of the molecule is COc1ccc(Sc2cc(OC)c(OC)cc2C(=O)O)cc1. The third-order valence-electron chi connectivity index (χ3n) is 3.00. The molecule has 2 rings (SSSR count). The Balaban J connectivity index is 2.41. The van der Waals surface area contributed by atoms with E-state index in [1.165, 1.54) is 32.0 Å². The van der Waals surface area contributed by atoms with E-state index in [1.54, 1.807) is 13.2 Å². The zero-order valence-electron chi connectivity index (χ0n) is 12.5. The Morgan fingerprint density at radius 1 is 0.955 bits per heavy atom. The molecule has 116 valence electrons. The van der Waals surface area contributed by atoms with Crippen molar-refractivity contribution < 1.29 is 24.1 Å². The molecular formula is C16H16O5S. The van der Waals surface area contributed by atoms with Gasteiger partial charge in [-0.15, -0.1) is 0 Å².